The summed E-state index contributed by atoms with van der Waals surface area (Å²) in [5.41, 5.74) is 0.366. The van der Waals surface area contributed by atoms with Gasteiger partial charge in [-0.25, -0.2) is 18.0 Å². The van der Waals surface area contributed by atoms with Crippen molar-refractivity contribution in [2.24, 2.45) is 5.92 Å². The summed E-state index contributed by atoms with van der Waals surface area (Å²) >= 11 is 0. The number of halogens is 3. The standard InChI is InChI=1S/C24H24F3NO3/c25-20-9-10-21(26)23(27)19(20)13-22(29)16-11-17-7-4-8-18(12-16)28(17)24(30)31-14-15-5-2-1-3-6-15/h1-3,5-6,9-10,16-18H,4,7-8,11-14H2. The summed E-state index contributed by atoms with van der Waals surface area (Å²) in [5.74, 6) is -4.14. The Morgan fingerprint density at radius 1 is 0.935 bits per heavy atom. The van der Waals surface area contributed by atoms with Crippen LogP contribution in [-0.2, 0) is 22.6 Å². The van der Waals surface area contributed by atoms with Crippen molar-refractivity contribution in [3.63, 3.8) is 0 Å². The maximum Gasteiger partial charge on any atom is 0.410 e. The topological polar surface area (TPSA) is 46.6 Å². The Morgan fingerprint density at radius 2 is 1.58 bits per heavy atom. The van der Waals surface area contributed by atoms with E-state index in [1.54, 1.807) is 4.90 Å². The van der Waals surface area contributed by atoms with Gasteiger partial charge in [0.2, 0.25) is 0 Å². The van der Waals surface area contributed by atoms with Gasteiger partial charge in [-0.3, -0.25) is 4.79 Å². The third kappa shape index (κ3) is 4.60. The van der Waals surface area contributed by atoms with Gasteiger partial charge < -0.3 is 9.64 Å². The first-order valence-corrected chi connectivity index (χ1v) is 10.6. The van der Waals surface area contributed by atoms with Crippen LogP contribution in [0.3, 0.4) is 0 Å². The second kappa shape index (κ2) is 9.12. The van der Waals surface area contributed by atoms with Gasteiger partial charge in [-0.2, -0.15) is 0 Å². The molecule has 2 fully saturated rings. The monoisotopic (exact) mass is 431 g/mol. The maximum absolute atomic E-state index is 14.0. The molecule has 7 heteroatoms. The van der Waals surface area contributed by atoms with Gasteiger partial charge in [0.05, 0.1) is 0 Å². The lowest BCUT2D eigenvalue weighted by Crippen LogP contribution is -2.55. The Hall–Kier alpha value is -2.83. The second-order valence-electron chi connectivity index (χ2n) is 8.32. The molecule has 0 aromatic heterocycles. The van der Waals surface area contributed by atoms with E-state index in [0.29, 0.717) is 18.9 Å². The molecule has 0 N–H and O–H groups in total. The summed E-state index contributed by atoms with van der Waals surface area (Å²) in [6.07, 6.45) is 2.42. The van der Waals surface area contributed by atoms with Crippen LogP contribution in [0.15, 0.2) is 42.5 Å². The Morgan fingerprint density at radius 3 is 2.26 bits per heavy atom. The highest BCUT2D eigenvalue weighted by Crippen LogP contribution is 2.38. The molecule has 0 radical (unpaired) electrons. The number of ether oxygens (including phenoxy) is 1. The number of rotatable bonds is 5. The van der Waals surface area contributed by atoms with Crippen molar-refractivity contribution >= 4 is 11.9 Å². The van der Waals surface area contributed by atoms with E-state index in [1.807, 2.05) is 30.3 Å². The van der Waals surface area contributed by atoms with Crippen LogP contribution in [0.2, 0.25) is 0 Å². The first kappa shape index (κ1) is 21.4. The van der Waals surface area contributed by atoms with E-state index in [4.69, 9.17) is 4.74 Å². The number of carbonyl (C=O) groups is 2. The van der Waals surface area contributed by atoms with Gasteiger partial charge in [0.25, 0.3) is 0 Å². The van der Waals surface area contributed by atoms with Gasteiger partial charge >= 0.3 is 6.09 Å². The number of amides is 1. The van der Waals surface area contributed by atoms with Gasteiger partial charge in [-0.15, -0.1) is 0 Å². The number of fused-ring (bicyclic) bond motifs is 2. The normalized spacial score (nSPS) is 22.8. The number of hydrogen-bond donors (Lipinski definition) is 0. The molecule has 2 bridgehead atoms. The van der Waals surface area contributed by atoms with Gasteiger partial charge in [0.1, 0.15) is 18.2 Å². The summed E-state index contributed by atoms with van der Waals surface area (Å²) in [6.45, 7) is 0.177. The molecular weight excluding hydrogens is 407 g/mol. The minimum Gasteiger partial charge on any atom is -0.445 e. The van der Waals surface area contributed by atoms with Crippen LogP contribution in [-0.4, -0.2) is 28.9 Å². The Kier molecular flexibility index (Phi) is 6.30. The largest absolute Gasteiger partial charge is 0.445 e. The number of nitrogens with zero attached hydrogens (tertiary/aromatic N) is 1. The lowest BCUT2D eigenvalue weighted by atomic mass is 9.76. The fraction of sp³-hybridized carbons (Fsp3) is 0.417. The molecule has 2 atom stereocenters. The van der Waals surface area contributed by atoms with Crippen LogP contribution in [0.4, 0.5) is 18.0 Å². The second-order valence-corrected chi connectivity index (χ2v) is 8.32. The molecule has 2 aromatic carbocycles. The van der Waals surface area contributed by atoms with Crippen LogP contribution in [0.25, 0.3) is 0 Å². The summed E-state index contributed by atoms with van der Waals surface area (Å²) in [5, 5.41) is 0. The van der Waals surface area contributed by atoms with E-state index in [9.17, 15) is 22.8 Å². The average Bonchev–Trinajstić information content (AvgIpc) is 2.77. The SMILES string of the molecule is O=C(Cc1c(F)ccc(F)c1F)C1CC2CCCC(C1)N2C(=O)OCc1ccccc1. The van der Waals surface area contributed by atoms with Crippen molar-refractivity contribution in [2.45, 2.75) is 57.2 Å². The molecule has 0 spiro atoms. The molecule has 2 aliphatic rings. The van der Waals surface area contributed by atoms with Crippen molar-refractivity contribution in [1.29, 1.82) is 0 Å². The van der Waals surface area contributed by atoms with E-state index >= 15 is 0 Å². The number of ketones is 1. The molecule has 4 nitrogen and oxygen atoms in total. The van der Waals surface area contributed by atoms with Crippen molar-refractivity contribution in [3.8, 4) is 0 Å². The smallest absolute Gasteiger partial charge is 0.410 e. The summed E-state index contributed by atoms with van der Waals surface area (Å²) < 4.78 is 46.9. The Balaban J connectivity index is 1.41. The zero-order valence-corrected chi connectivity index (χ0v) is 17.0. The molecule has 0 aliphatic carbocycles. The molecule has 2 unspecified atom stereocenters. The first-order chi connectivity index (χ1) is 14.9. The lowest BCUT2D eigenvalue weighted by molar-refractivity contribution is -0.126. The molecule has 31 heavy (non-hydrogen) atoms. The van der Waals surface area contributed by atoms with Crippen LogP contribution >= 0.6 is 0 Å². The Bertz CT molecular complexity index is 952. The minimum atomic E-state index is -1.31. The van der Waals surface area contributed by atoms with Crippen LogP contribution in [0, 0.1) is 23.4 Å². The predicted molar refractivity (Wildman–Crippen MR) is 108 cm³/mol. The molecule has 2 saturated heterocycles. The van der Waals surface area contributed by atoms with Crippen molar-refractivity contribution < 1.29 is 27.5 Å². The third-order valence-corrected chi connectivity index (χ3v) is 6.34. The molecule has 164 valence electrons. The molecule has 2 heterocycles. The van der Waals surface area contributed by atoms with E-state index in [-0.39, 0.29) is 24.5 Å². The highest BCUT2D eigenvalue weighted by Gasteiger charge is 2.43. The van der Waals surface area contributed by atoms with Crippen LogP contribution < -0.4 is 0 Å². The fourth-order valence-corrected chi connectivity index (χ4v) is 4.79. The first-order valence-electron chi connectivity index (χ1n) is 10.6. The summed E-state index contributed by atoms with van der Waals surface area (Å²) in [4.78, 5) is 27.3. The van der Waals surface area contributed by atoms with Crippen molar-refractivity contribution in [1.82, 2.24) is 4.90 Å². The highest BCUT2D eigenvalue weighted by atomic mass is 19.2. The van der Waals surface area contributed by atoms with Gasteiger partial charge in [-0.05, 0) is 49.8 Å². The predicted octanol–water partition coefficient (Wildman–Crippen LogP) is 5.19. The minimum absolute atomic E-state index is 0.146. The van der Waals surface area contributed by atoms with Crippen molar-refractivity contribution in [3.05, 3.63) is 71.0 Å². The molecule has 2 aromatic rings. The molecule has 2 aliphatic heterocycles. The highest BCUT2D eigenvalue weighted by molar-refractivity contribution is 5.84. The molecule has 0 saturated carbocycles. The quantitative estimate of drug-likeness (QED) is 0.613. The van der Waals surface area contributed by atoms with Gasteiger partial charge in [-0.1, -0.05) is 30.3 Å². The average molecular weight is 431 g/mol. The summed E-state index contributed by atoms with van der Waals surface area (Å²) in [6, 6.07) is 10.6. The number of benzene rings is 2. The van der Waals surface area contributed by atoms with E-state index < -0.39 is 41.4 Å². The number of hydrogen-bond acceptors (Lipinski definition) is 3. The lowest BCUT2D eigenvalue weighted by Gasteiger charge is -2.47. The maximum atomic E-state index is 14.0. The van der Waals surface area contributed by atoms with Gasteiger partial charge in [0, 0.05) is 30.0 Å². The van der Waals surface area contributed by atoms with E-state index in [0.717, 1.165) is 30.9 Å². The molecule has 1 amide bonds. The summed E-state index contributed by atoms with van der Waals surface area (Å²) in [7, 11) is 0. The third-order valence-electron chi connectivity index (χ3n) is 6.34. The van der Waals surface area contributed by atoms with Gasteiger partial charge in [0.15, 0.2) is 11.6 Å². The molecular formula is C24H24F3NO3. The Labute approximate surface area is 179 Å². The zero-order chi connectivity index (χ0) is 22.0. The van der Waals surface area contributed by atoms with E-state index in [2.05, 4.69) is 0 Å². The van der Waals surface area contributed by atoms with Crippen LogP contribution in [0.1, 0.15) is 43.2 Å². The number of carbonyl (C=O) groups excluding carboxylic acids is 2. The fourth-order valence-electron chi connectivity index (χ4n) is 4.79. The number of piperidine rings is 2. The number of Topliss-reactive ketones (excluding diaryl/α,β-unsaturated/α-hetero) is 1. The molecule has 4 rings (SSSR count). The van der Waals surface area contributed by atoms with E-state index in [1.165, 1.54) is 0 Å². The van der Waals surface area contributed by atoms with Crippen LogP contribution in [0.5, 0.6) is 0 Å². The van der Waals surface area contributed by atoms with Crippen molar-refractivity contribution in [2.75, 3.05) is 0 Å². The zero-order valence-electron chi connectivity index (χ0n) is 17.0.